The van der Waals surface area contributed by atoms with Gasteiger partial charge in [-0.3, -0.25) is 4.79 Å². The number of nitrogens with one attached hydrogen (secondary N) is 1. The van der Waals surface area contributed by atoms with E-state index >= 15 is 0 Å². The number of amides is 1. The van der Waals surface area contributed by atoms with Crippen LogP contribution in [0.1, 0.15) is 18.4 Å². The lowest BCUT2D eigenvalue weighted by atomic mass is 9.97. The predicted octanol–water partition coefficient (Wildman–Crippen LogP) is 4.77. The van der Waals surface area contributed by atoms with E-state index < -0.39 is 4.59 Å². The summed E-state index contributed by atoms with van der Waals surface area (Å²) in [6.45, 7) is 1.94. The molecule has 1 aliphatic heterocycles. The largest absolute Gasteiger partial charge is 0.497 e. The standard InChI is InChI=1S/C16H18NO2PS3/c1-11(16(18)17-20(21)22-7-8-23-20)12-3-4-14-10-15(19-2)6-5-13(14)9-12/h3-6,9-11H,7-8H2,1-2H3,(H,17,18,21). The minimum atomic E-state index is -1.81. The minimum Gasteiger partial charge on any atom is -0.497 e. The van der Waals surface area contributed by atoms with Gasteiger partial charge in [0, 0.05) is 11.5 Å². The topological polar surface area (TPSA) is 38.3 Å². The third-order valence-corrected chi connectivity index (χ3v) is 13.8. The molecule has 2 aromatic rings. The fourth-order valence-corrected chi connectivity index (χ4v) is 11.7. The molecule has 0 radical (unpaired) electrons. The number of rotatable bonds is 4. The summed E-state index contributed by atoms with van der Waals surface area (Å²) in [7, 11) is 1.66. The van der Waals surface area contributed by atoms with E-state index in [1.165, 1.54) is 0 Å². The summed E-state index contributed by atoms with van der Waals surface area (Å²) in [5.74, 6) is 2.73. The van der Waals surface area contributed by atoms with Crippen molar-refractivity contribution in [3.8, 4) is 5.75 Å². The van der Waals surface area contributed by atoms with E-state index in [2.05, 4.69) is 11.2 Å². The van der Waals surface area contributed by atoms with Crippen LogP contribution in [0.4, 0.5) is 0 Å². The number of hydrogen-bond donors (Lipinski definition) is 1. The maximum atomic E-state index is 12.5. The van der Waals surface area contributed by atoms with Gasteiger partial charge in [-0.2, -0.15) is 0 Å². The van der Waals surface area contributed by atoms with Crippen molar-refractivity contribution < 1.29 is 9.53 Å². The molecule has 1 fully saturated rings. The molecule has 1 saturated heterocycles. The monoisotopic (exact) mass is 383 g/mol. The van der Waals surface area contributed by atoms with Crippen molar-refractivity contribution in [2.75, 3.05) is 18.6 Å². The Morgan fingerprint density at radius 3 is 2.57 bits per heavy atom. The molecule has 7 heteroatoms. The number of ether oxygens (including phenoxy) is 1. The van der Waals surface area contributed by atoms with Crippen molar-refractivity contribution in [3.05, 3.63) is 42.0 Å². The third-order valence-electron chi connectivity index (χ3n) is 3.82. The minimum absolute atomic E-state index is 0.0306. The second kappa shape index (κ2) is 7.06. The Morgan fingerprint density at radius 2 is 1.87 bits per heavy atom. The number of carbonyl (C=O) groups is 1. The van der Waals surface area contributed by atoms with Crippen LogP contribution in [-0.4, -0.2) is 24.5 Å². The lowest BCUT2D eigenvalue weighted by molar-refractivity contribution is -0.120. The van der Waals surface area contributed by atoms with Gasteiger partial charge in [0.2, 0.25) is 5.91 Å². The first kappa shape index (κ1) is 17.2. The summed E-state index contributed by atoms with van der Waals surface area (Å²) in [6, 6.07) is 12.1. The number of benzene rings is 2. The van der Waals surface area contributed by atoms with Crippen LogP contribution < -0.4 is 9.82 Å². The molecule has 1 aliphatic rings. The highest BCUT2D eigenvalue weighted by atomic mass is 33.2. The highest BCUT2D eigenvalue weighted by molar-refractivity contribution is 9.01. The average Bonchev–Trinajstić information content (AvgIpc) is 2.99. The highest BCUT2D eigenvalue weighted by Gasteiger charge is 2.28. The Bertz CT molecular complexity index is 786. The molecule has 0 spiro atoms. The molecular weight excluding hydrogens is 365 g/mol. The summed E-state index contributed by atoms with van der Waals surface area (Å²) in [4.78, 5) is 12.5. The lowest BCUT2D eigenvalue weighted by Crippen LogP contribution is -2.23. The number of carbonyl (C=O) groups excluding carboxylic acids is 1. The molecule has 1 N–H and O–H groups in total. The van der Waals surface area contributed by atoms with Crippen LogP contribution in [0.15, 0.2) is 36.4 Å². The number of hydrogen-bond acceptors (Lipinski definition) is 5. The van der Waals surface area contributed by atoms with Gasteiger partial charge in [0.25, 0.3) is 0 Å². The predicted molar refractivity (Wildman–Crippen MR) is 106 cm³/mol. The summed E-state index contributed by atoms with van der Waals surface area (Å²) >= 11 is 9.08. The zero-order valence-electron chi connectivity index (χ0n) is 12.9. The molecule has 2 aromatic carbocycles. The van der Waals surface area contributed by atoms with E-state index in [0.717, 1.165) is 33.6 Å². The van der Waals surface area contributed by atoms with Crippen LogP contribution in [0.2, 0.25) is 0 Å². The zero-order valence-corrected chi connectivity index (χ0v) is 16.3. The summed E-state index contributed by atoms with van der Waals surface area (Å²) in [6.07, 6.45) is 0. The summed E-state index contributed by atoms with van der Waals surface area (Å²) in [5.41, 5.74) is 1.01. The molecule has 0 aromatic heterocycles. The van der Waals surface area contributed by atoms with Gasteiger partial charge in [-0.05, 0) is 35.4 Å². The third kappa shape index (κ3) is 3.87. The van der Waals surface area contributed by atoms with E-state index in [1.54, 1.807) is 29.9 Å². The highest BCUT2D eigenvalue weighted by Crippen LogP contribution is 2.70. The van der Waals surface area contributed by atoms with Crippen molar-refractivity contribution in [2.24, 2.45) is 0 Å². The molecule has 122 valence electrons. The fourth-order valence-electron chi connectivity index (χ4n) is 2.44. The molecule has 1 atom stereocenters. The molecule has 0 bridgehead atoms. The van der Waals surface area contributed by atoms with E-state index in [4.69, 9.17) is 16.5 Å². The van der Waals surface area contributed by atoms with E-state index in [0.29, 0.717) is 0 Å². The second-order valence-electron chi connectivity index (χ2n) is 5.33. The van der Waals surface area contributed by atoms with E-state index in [9.17, 15) is 4.79 Å². The maximum absolute atomic E-state index is 12.5. The van der Waals surface area contributed by atoms with Gasteiger partial charge in [0.05, 0.1) is 13.0 Å². The first-order chi connectivity index (χ1) is 11.0. The molecule has 23 heavy (non-hydrogen) atoms. The van der Waals surface area contributed by atoms with Crippen LogP contribution in [0.3, 0.4) is 0 Å². The van der Waals surface area contributed by atoms with Gasteiger partial charge in [0.1, 0.15) is 10.3 Å². The molecule has 0 saturated carbocycles. The maximum Gasteiger partial charge on any atom is 0.232 e. The molecule has 0 aliphatic carbocycles. The first-order valence-corrected chi connectivity index (χ1v) is 13.3. The van der Waals surface area contributed by atoms with Crippen molar-refractivity contribution in [3.63, 3.8) is 0 Å². The first-order valence-electron chi connectivity index (χ1n) is 7.30. The van der Waals surface area contributed by atoms with Gasteiger partial charge in [-0.25, -0.2) is 0 Å². The lowest BCUT2D eigenvalue weighted by Gasteiger charge is -2.19. The molecule has 1 heterocycles. The fraction of sp³-hybridized carbons (Fsp3) is 0.312. The van der Waals surface area contributed by atoms with Gasteiger partial charge in [0.15, 0.2) is 0 Å². The van der Waals surface area contributed by atoms with Crippen molar-refractivity contribution in [2.45, 2.75) is 12.8 Å². The number of fused-ring (bicyclic) bond motifs is 1. The Balaban J connectivity index is 1.81. The second-order valence-corrected chi connectivity index (χ2v) is 16.4. The van der Waals surface area contributed by atoms with Gasteiger partial charge < -0.3 is 9.82 Å². The van der Waals surface area contributed by atoms with Gasteiger partial charge in [-0.1, -0.05) is 58.8 Å². The average molecular weight is 384 g/mol. The Labute approximate surface area is 149 Å². The SMILES string of the molecule is COc1ccc2cc(C(C)C(=O)NP3(=S)SCCS3)ccc2c1. The molecule has 1 unspecified atom stereocenters. The molecule has 1 amide bonds. The van der Waals surface area contributed by atoms with Gasteiger partial charge >= 0.3 is 0 Å². The Morgan fingerprint density at radius 1 is 1.22 bits per heavy atom. The molecule has 3 rings (SSSR count). The van der Waals surface area contributed by atoms with Crippen molar-refractivity contribution >= 4 is 55.8 Å². The smallest absolute Gasteiger partial charge is 0.232 e. The zero-order chi connectivity index (χ0) is 16.4. The Kier molecular flexibility index (Phi) is 5.26. The van der Waals surface area contributed by atoms with Crippen LogP contribution in [-0.2, 0) is 16.6 Å². The molecular formula is C16H18NO2PS3. The van der Waals surface area contributed by atoms with Crippen LogP contribution in [0.25, 0.3) is 10.8 Å². The summed E-state index contributed by atoms with van der Waals surface area (Å²) in [5, 5.41) is 5.33. The van der Waals surface area contributed by atoms with Crippen molar-refractivity contribution in [1.29, 1.82) is 0 Å². The molecule has 3 nitrogen and oxygen atoms in total. The van der Waals surface area contributed by atoms with Crippen LogP contribution in [0.5, 0.6) is 5.75 Å². The number of methoxy groups -OCH3 is 1. The van der Waals surface area contributed by atoms with Crippen LogP contribution >= 0.6 is 27.4 Å². The van der Waals surface area contributed by atoms with Crippen LogP contribution in [0, 0.1) is 0 Å². The summed E-state index contributed by atoms with van der Waals surface area (Å²) < 4.78 is 3.44. The Hall–Kier alpha value is -0.680. The van der Waals surface area contributed by atoms with E-state index in [-0.39, 0.29) is 11.8 Å². The van der Waals surface area contributed by atoms with Crippen molar-refractivity contribution in [1.82, 2.24) is 5.09 Å². The van der Waals surface area contributed by atoms with Gasteiger partial charge in [-0.15, -0.1) is 0 Å². The normalized spacial score (nSPS) is 17.8. The quantitative estimate of drug-likeness (QED) is 0.770. The van der Waals surface area contributed by atoms with E-state index in [1.807, 2.05) is 37.3 Å².